The van der Waals surface area contributed by atoms with Gasteiger partial charge in [-0.1, -0.05) is 0 Å². The molecule has 2 heterocycles. The van der Waals surface area contributed by atoms with Gasteiger partial charge in [0, 0.05) is 47.7 Å². The molecule has 14 heteroatoms. The molecule has 0 bridgehead atoms. The van der Waals surface area contributed by atoms with Gasteiger partial charge in [-0.3, -0.25) is 37.4 Å². The van der Waals surface area contributed by atoms with E-state index >= 15 is 0 Å². The molecule has 226 valence electrons. The molecule has 2 aromatic heterocycles. The molecule has 3 aromatic rings. The summed E-state index contributed by atoms with van der Waals surface area (Å²) in [7, 11) is 5.30. The van der Waals surface area contributed by atoms with Crippen LogP contribution >= 0.6 is 0 Å². The SMILES string of the molecule is COC(=O)CCn1cc(C)c(=O)n(Cc2cc(OC)c(Cn3c(=O)c(C)cn(CCC(=O)OC)c3=O)cc2OC)c1=O. The van der Waals surface area contributed by atoms with Crippen molar-refractivity contribution in [3.63, 3.8) is 0 Å². The molecule has 3 rings (SSSR count). The Hall–Kier alpha value is -4.88. The summed E-state index contributed by atoms with van der Waals surface area (Å²) in [6.45, 7) is 2.81. The summed E-state index contributed by atoms with van der Waals surface area (Å²) in [5, 5.41) is 0. The van der Waals surface area contributed by atoms with Gasteiger partial charge in [0.1, 0.15) is 11.5 Å². The molecule has 0 amide bonds. The second-order valence-electron chi connectivity index (χ2n) is 9.49. The Morgan fingerprint density at radius 2 is 1.00 bits per heavy atom. The lowest BCUT2D eigenvalue weighted by atomic mass is 10.1. The van der Waals surface area contributed by atoms with Crippen LogP contribution in [-0.2, 0) is 45.2 Å². The Balaban J connectivity index is 2.05. The summed E-state index contributed by atoms with van der Waals surface area (Å²) in [6, 6.07) is 3.13. The van der Waals surface area contributed by atoms with Gasteiger partial charge in [0.25, 0.3) is 11.1 Å². The third kappa shape index (κ3) is 6.87. The van der Waals surface area contributed by atoms with Gasteiger partial charge < -0.3 is 18.9 Å². The Morgan fingerprint density at radius 1 is 0.643 bits per heavy atom. The molecular formula is C28H34N4O10. The molecule has 0 N–H and O–H groups in total. The lowest BCUT2D eigenvalue weighted by Crippen LogP contribution is -2.41. The summed E-state index contributed by atoms with van der Waals surface area (Å²) >= 11 is 0. The van der Waals surface area contributed by atoms with Gasteiger partial charge in [-0.15, -0.1) is 0 Å². The number of carbonyl (C=O) groups is 2. The third-order valence-electron chi connectivity index (χ3n) is 6.73. The van der Waals surface area contributed by atoms with Gasteiger partial charge in [-0.05, 0) is 26.0 Å². The zero-order valence-corrected chi connectivity index (χ0v) is 24.4. The maximum absolute atomic E-state index is 13.2. The molecule has 0 saturated carbocycles. The minimum atomic E-state index is -0.626. The smallest absolute Gasteiger partial charge is 0.331 e. The van der Waals surface area contributed by atoms with Crippen LogP contribution in [0.2, 0.25) is 0 Å². The number of aryl methyl sites for hydroxylation is 4. The highest BCUT2D eigenvalue weighted by atomic mass is 16.5. The quantitative estimate of drug-likeness (QED) is 0.268. The number of carbonyl (C=O) groups excluding carboxylic acids is 2. The van der Waals surface area contributed by atoms with E-state index in [0.29, 0.717) is 22.3 Å². The number of hydrogen-bond acceptors (Lipinski definition) is 10. The van der Waals surface area contributed by atoms with Crippen LogP contribution in [-0.4, -0.2) is 58.6 Å². The van der Waals surface area contributed by atoms with E-state index in [1.54, 1.807) is 26.0 Å². The second-order valence-corrected chi connectivity index (χ2v) is 9.49. The molecule has 0 aliphatic heterocycles. The number of aromatic nitrogens is 4. The van der Waals surface area contributed by atoms with Crippen molar-refractivity contribution in [2.45, 2.75) is 52.9 Å². The van der Waals surface area contributed by atoms with E-state index in [1.165, 1.54) is 50.0 Å². The number of ether oxygens (including phenoxy) is 4. The normalized spacial score (nSPS) is 10.8. The number of nitrogens with zero attached hydrogens (tertiary/aromatic N) is 4. The zero-order valence-electron chi connectivity index (χ0n) is 24.4. The predicted octanol–water partition coefficient (Wildman–Crippen LogP) is 0.190. The molecule has 0 unspecified atom stereocenters. The summed E-state index contributed by atoms with van der Waals surface area (Å²) < 4.78 is 25.0. The summed E-state index contributed by atoms with van der Waals surface area (Å²) in [6.07, 6.45) is 2.68. The van der Waals surface area contributed by atoms with E-state index in [-0.39, 0.29) is 50.5 Å². The van der Waals surface area contributed by atoms with E-state index < -0.39 is 34.4 Å². The molecule has 0 aliphatic rings. The van der Waals surface area contributed by atoms with Crippen molar-refractivity contribution < 1.29 is 28.5 Å². The minimum Gasteiger partial charge on any atom is -0.496 e. The van der Waals surface area contributed by atoms with Gasteiger partial charge in [-0.25, -0.2) is 9.59 Å². The molecule has 14 nitrogen and oxygen atoms in total. The fourth-order valence-corrected chi connectivity index (χ4v) is 4.44. The average molecular weight is 587 g/mol. The van der Waals surface area contributed by atoms with Crippen LogP contribution in [0.3, 0.4) is 0 Å². The van der Waals surface area contributed by atoms with Crippen molar-refractivity contribution in [2.75, 3.05) is 28.4 Å². The topological polar surface area (TPSA) is 159 Å². The van der Waals surface area contributed by atoms with Crippen molar-refractivity contribution >= 4 is 11.9 Å². The van der Waals surface area contributed by atoms with Crippen LogP contribution in [0, 0.1) is 13.8 Å². The van der Waals surface area contributed by atoms with Gasteiger partial charge in [0.05, 0.1) is 54.4 Å². The lowest BCUT2D eigenvalue weighted by molar-refractivity contribution is -0.141. The molecule has 0 spiro atoms. The molecule has 0 fully saturated rings. The number of methoxy groups -OCH3 is 4. The van der Waals surface area contributed by atoms with E-state index in [4.69, 9.17) is 9.47 Å². The van der Waals surface area contributed by atoms with Gasteiger partial charge in [-0.2, -0.15) is 0 Å². The molecule has 0 saturated heterocycles. The Kier molecular flexibility index (Phi) is 10.3. The fraction of sp³-hybridized carbons (Fsp3) is 0.429. The molecule has 1 aromatic carbocycles. The van der Waals surface area contributed by atoms with Crippen molar-refractivity contribution in [2.24, 2.45) is 0 Å². The van der Waals surface area contributed by atoms with E-state index in [2.05, 4.69) is 9.47 Å². The molecule has 0 radical (unpaired) electrons. The highest BCUT2D eigenvalue weighted by Crippen LogP contribution is 2.29. The molecular weight excluding hydrogens is 552 g/mol. The first-order chi connectivity index (χ1) is 19.9. The van der Waals surface area contributed by atoms with Crippen LogP contribution in [0.15, 0.2) is 43.7 Å². The Morgan fingerprint density at radius 3 is 1.31 bits per heavy atom. The van der Waals surface area contributed by atoms with E-state index in [9.17, 15) is 28.8 Å². The average Bonchev–Trinajstić information content (AvgIpc) is 2.99. The van der Waals surface area contributed by atoms with Crippen molar-refractivity contribution in [3.8, 4) is 11.5 Å². The number of esters is 2. The van der Waals surface area contributed by atoms with Gasteiger partial charge >= 0.3 is 23.3 Å². The monoisotopic (exact) mass is 586 g/mol. The van der Waals surface area contributed by atoms with Crippen molar-refractivity contribution in [1.82, 2.24) is 18.3 Å². The number of hydrogen-bond donors (Lipinski definition) is 0. The number of rotatable bonds is 12. The first-order valence-electron chi connectivity index (χ1n) is 12.9. The summed E-state index contributed by atoms with van der Waals surface area (Å²) in [4.78, 5) is 75.4. The standard InChI is InChI=1S/C28H34N4O10/c1-17-13-29(9-7-23(33)41-5)27(37)31(25(17)35)15-19-11-22(40-4)20(12-21(19)39-3)16-32-26(36)18(2)14-30(28(32)38)10-8-24(34)42-6/h11-14H,7-10,15-16H2,1-6H3. The van der Waals surface area contributed by atoms with Crippen LogP contribution in [0.5, 0.6) is 11.5 Å². The van der Waals surface area contributed by atoms with Crippen LogP contribution in [0.1, 0.15) is 35.1 Å². The van der Waals surface area contributed by atoms with Gasteiger partial charge in [0.15, 0.2) is 0 Å². The first kappa shape index (κ1) is 31.6. The highest BCUT2D eigenvalue weighted by Gasteiger charge is 2.18. The molecule has 0 aliphatic carbocycles. The van der Waals surface area contributed by atoms with Crippen LogP contribution in [0.25, 0.3) is 0 Å². The highest BCUT2D eigenvalue weighted by molar-refractivity contribution is 5.69. The van der Waals surface area contributed by atoms with Gasteiger partial charge in [0.2, 0.25) is 0 Å². The summed E-state index contributed by atoms with van der Waals surface area (Å²) in [5.74, 6) is -0.428. The zero-order chi connectivity index (χ0) is 31.1. The fourth-order valence-electron chi connectivity index (χ4n) is 4.44. The van der Waals surface area contributed by atoms with E-state index in [0.717, 1.165) is 9.13 Å². The Labute approximate surface area is 240 Å². The van der Waals surface area contributed by atoms with Crippen molar-refractivity contribution in [3.05, 3.63) is 88.5 Å². The van der Waals surface area contributed by atoms with Crippen LogP contribution in [0.4, 0.5) is 0 Å². The minimum absolute atomic E-state index is 0.0222. The molecule has 42 heavy (non-hydrogen) atoms. The van der Waals surface area contributed by atoms with E-state index in [1.807, 2.05) is 0 Å². The summed E-state index contributed by atoms with van der Waals surface area (Å²) in [5.41, 5.74) is -0.842. The Bertz CT molecular complexity index is 1600. The second kappa shape index (κ2) is 13.7. The van der Waals surface area contributed by atoms with Crippen molar-refractivity contribution in [1.29, 1.82) is 0 Å². The maximum atomic E-state index is 13.2. The van der Waals surface area contributed by atoms with Crippen LogP contribution < -0.4 is 32.0 Å². The molecule has 0 atom stereocenters. The third-order valence-corrected chi connectivity index (χ3v) is 6.73. The largest absolute Gasteiger partial charge is 0.496 e. The number of benzene rings is 1. The first-order valence-corrected chi connectivity index (χ1v) is 12.9. The predicted molar refractivity (Wildman–Crippen MR) is 150 cm³/mol. The maximum Gasteiger partial charge on any atom is 0.331 e. The lowest BCUT2D eigenvalue weighted by Gasteiger charge is -2.18.